The van der Waals surface area contributed by atoms with E-state index in [1.54, 1.807) is 42.6 Å². The smallest absolute Gasteiger partial charge is 0.282 e. The van der Waals surface area contributed by atoms with Crippen LogP contribution in [0.5, 0.6) is 17.2 Å². The van der Waals surface area contributed by atoms with Crippen molar-refractivity contribution < 1.29 is 19.1 Å². The molecule has 1 heterocycles. The number of ether oxygens (including phenoxy) is 3. The third-order valence-corrected chi connectivity index (χ3v) is 7.84. The van der Waals surface area contributed by atoms with Gasteiger partial charge in [0.05, 0.1) is 35.8 Å². The Labute approximate surface area is 279 Å². The average Bonchev–Trinajstić information content (AvgIpc) is 3.07. The number of nitrogens with zero attached hydrogens (tertiary/aromatic N) is 4. The van der Waals surface area contributed by atoms with E-state index in [1.165, 1.54) is 23.9 Å². The predicted octanol–water partition coefficient (Wildman–Crippen LogP) is 8.00. The van der Waals surface area contributed by atoms with Crippen LogP contribution in [0.15, 0.2) is 95.3 Å². The molecule has 0 aliphatic rings. The molecule has 4 aromatic carbocycles. The van der Waals surface area contributed by atoms with E-state index in [0.717, 1.165) is 28.0 Å². The van der Waals surface area contributed by atoms with Gasteiger partial charge in [-0.1, -0.05) is 44.2 Å². The maximum Gasteiger partial charge on any atom is 0.282 e. The molecule has 0 radical (unpaired) electrons. The van der Waals surface area contributed by atoms with Crippen LogP contribution in [0.2, 0.25) is 0 Å². The van der Waals surface area contributed by atoms with Gasteiger partial charge in [0.15, 0.2) is 17.3 Å². The van der Waals surface area contributed by atoms with Gasteiger partial charge in [0.2, 0.25) is 0 Å². The summed E-state index contributed by atoms with van der Waals surface area (Å²) >= 11 is 0. The van der Waals surface area contributed by atoms with Crippen LogP contribution in [0.25, 0.3) is 22.3 Å². The van der Waals surface area contributed by atoms with E-state index >= 15 is 0 Å². The zero-order valence-electron chi connectivity index (χ0n) is 27.7. The zero-order valence-corrected chi connectivity index (χ0v) is 27.7. The molecular weight excluding hydrogens is 608 g/mol. The van der Waals surface area contributed by atoms with Crippen LogP contribution in [0, 0.1) is 17.0 Å². The Morgan fingerprint density at radius 1 is 1.04 bits per heavy atom. The number of non-ortho nitro benzene ring substituents is 1. The molecule has 1 aromatic heterocycles. The summed E-state index contributed by atoms with van der Waals surface area (Å²) in [5.74, 6) is 2.31. The Balaban J connectivity index is 1.60. The van der Waals surface area contributed by atoms with Crippen molar-refractivity contribution in [3.8, 4) is 28.6 Å². The summed E-state index contributed by atoms with van der Waals surface area (Å²) in [4.78, 5) is 29.7. The van der Waals surface area contributed by atoms with Gasteiger partial charge in [0.25, 0.3) is 11.2 Å². The lowest BCUT2D eigenvalue weighted by Gasteiger charge is -2.18. The number of hydrogen-bond acceptors (Lipinski definition) is 8. The highest BCUT2D eigenvalue weighted by Crippen LogP contribution is 2.36. The van der Waals surface area contributed by atoms with Crippen LogP contribution < -0.4 is 19.8 Å². The Bertz CT molecular complexity index is 2080. The average molecular weight is 647 g/mol. The first-order valence-electron chi connectivity index (χ1n) is 15.7. The SMILES string of the molecule is C=CCc1cc(C=Nn2c(-c3cc(C(C)C)c(OCC)cc3C)nc3ccccc3c2=O)cc(OC)c1OCc1cccc([N+](=O)[O-])c1. The fourth-order valence-corrected chi connectivity index (χ4v) is 5.50. The minimum Gasteiger partial charge on any atom is -0.494 e. The second-order valence-corrected chi connectivity index (χ2v) is 11.5. The molecule has 0 aliphatic carbocycles. The topological polar surface area (TPSA) is 118 Å². The van der Waals surface area contributed by atoms with E-state index < -0.39 is 4.92 Å². The molecule has 10 nitrogen and oxygen atoms in total. The van der Waals surface area contributed by atoms with Crippen LogP contribution in [0.1, 0.15) is 54.5 Å². The molecule has 5 rings (SSSR count). The van der Waals surface area contributed by atoms with E-state index in [2.05, 4.69) is 20.4 Å². The molecule has 0 fully saturated rings. The summed E-state index contributed by atoms with van der Waals surface area (Å²) in [6, 6.07) is 21.2. The molecule has 246 valence electrons. The second kappa shape index (κ2) is 14.8. The number of benzene rings is 4. The Kier molecular flexibility index (Phi) is 10.3. The van der Waals surface area contributed by atoms with Gasteiger partial charge in [-0.05, 0) is 84.8 Å². The first-order chi connectivity index (χ1) is 23.1. The van der Waals surface area contributed by atoms with Gasteiger partial charge >= 0.3 is 0 Å². The van der Waals surface area contributed by atoms with Gasteiger partial charge in [0.1, 0.15) is 12.4 Å². The molecular formula is C38H38N4O6. The minimum absolute atomic E-state index is 0.0143. The van der Waals surface area contributed by atoms with Crippen LogP contribution in [-0.4, -0.2) is 34.5 Å². The van der Waals surface area contributed by atoms with Crippen LogP contribution >= 0.6 is 0 Å². The number of aryl methyl sites for hydroxylation is 1. The number of rotatable bonds is 13. The van der Waals surface area contributed by atoms with Gasteiger partial charge in [-0.25, -0.2) is 4.98 Å². The quantitative estimate of drug-likeness (QED) is 0.0550. The van der Waals surface area contributed by atoms with Crippen molar-refractivity contribution in [3.63, 3.8) is 0 Å². The summed E-state index contributed by atoms with van der Waals surface area (Å²) in [5.41, 5.74) is 5.00. The first-order valence-corrected chi connectivity index (χ1v) is 15.7. The van der Waals surface area contributed by atoms with Gasteiger partial charge in [0, 0.05) is 23.3 Å². The number of aromatic nitrogens is 2. The van der Waals surface area contributed by atoms with Crippen molar-refractivity contribution >= 4 is 22.8 Å². The normalized spacial score (nSPS) is 11.3. The number of fused-ring (bicyclic) bond motifs is 1. The molecule has 0 saturated carbocycles. The lowest BCUT2D eigenvalue weighted by molar-refractivity contribution is -0.384. The van der Waals surface area contributed by atoms with Crippen molar-refractivity contribution in [3.05, 3.63) is 134 Å². The van der Waals surface area contributed by atoms with Gasteiger partial charge in [-0.15, -0.1) is 6.58 Å². The standard InChI is InChI=1S/C38H38N4O6/c1-7-12-28-18-27(20-35(46-6)36(28)48-23-26-13-11-14-29(19-26)42(44)45)22-39-41-37(40-33-16-10-9-15-30(33)38(41)43)32-21-31(24(3)4)34(47-8-2)17-25(32)5/h7,9-11,13-22,24H,1,8,12,23H2,2-6H3. The molecule has 48 heavy (non-hydrogen) atoms. The third-order valence-electron chi connectivity index (χ3n) is 7.84. The lowest BCUT2D eigenvalue weighted by Crippen LogP contribution is -2.21. The largest absolute Gasteiger partial charge is 0.494 e. The third kappa shape index (κ3) is 7.12. The number of hydrogen-bond donors (Lipinski definition) is 0. The van der Waals surface area contributed by atoms with E-state index in [4.69, 9.17) is 24.3 Å². The number of allylic oxidation sites excluding steroid dienone is 1. The number of nitro benzene ring substituents is 1. The molecule has 0 atom stereocenters. The van der Waals surface area contributed by atoms with Crippen LogP contribution in [0.4, 0.5) is 5.69 Å². The van der Waals surface area contributed by atoms with Crippen molar-refractivity contribution in [1.82, 2.24) is 9.66 Å². The van der Waals surface area contributed by atoms with E-state index in [0.29, 0.717) is 52.4 Å². The maximum absolute atomic E-state index is 14.0. The van der Waals surface area contributed by atoms with Gasteiger partial charge in [-0.2, -0.15) is 9.78 Å². The predicted molar refractivity (Wildman–Crippen MR) is 189 cm³/mol. The lowest BCUT2D eigenvalue weighted by atomic mass is 9.96. The first kappa shape index (κ1) is 33.6. The summed E-state index contributed by atoms with van der Waals surface area (Å²) in [6.07, 6.45) is 3.79. The molecule has 0 saturated heterocycles. The molecule has 0 aliphatic heterocycles. The molecule has 0 spiro atoms. The molecule has 0 unspecified atom stereocenters. The van der Waals surface area contributed by atoms with Crippen molar-refractivity contribution in [2.24, 2.45) is 5.10 Å². The fourth-order valence-electron chi connectivity index (χ4n) is 5.50. The van der Waals surface area contributed by atoms with Gasteiger partial charge in [-0.3, -0.25) is 14.9 Å². The zero-order chi connectivity index (χ0) is 34.4. The van der Waals surface area contributed by atoms with E-state index in [9.17, 15) is 14.9 Å². The Morgan fingerprint density at radius 2 is 1.83 bits per heavy atom. The molecule has 10 heteroatoms. The highest BCUT2D eigenvalue weighted by atomic mass is 16.6. The summed E-state index contributed by atoms with van der Waals surface area (Å²) in [5, 5.41) is 16.4. The number of methoxy groups -OCH3 is 1. The number of para-hydroxylation sites is 1. The van der Waals surface area contributed by atoms with Crippen molar-refractivity contribution in [1.29, 1.82) is 0 Å². The highest BCUT2D eigenvalue weighted by molar-refractivity contribution is 5.83. The van der Waals surface area contributed by atoms with E-state index in [-0.39, 0.29) is 23.8 Å². The summed E-state index contributed by atoms with van der Waals surface area (Å²) in [6.45, 7) is 12.6. The molecule has 0 amide bonds. The highest BCUT2D eigenvalue weighted by Gasteiger charge is 2.19. The van der Waals surface area contributed by atoms with E-state index in [1.807, 2.05) is 44.2 Å². The fraction of sp³-hybridized carbons (Fsp3) is 0.237. The molecule has 5 aromatic rings. The molecule has 0 N–H and O–H groups in total. The Morgan fingerprint density at radius 3 is 2.54 bits per heavy atom. The summed E-state index contributed by atoms with van der Waals surface area (Å²) < 4.78 is 19.1. The Hall–Kier alpha value is -5.77. The van der Waals surface area contributed by atoms with Crippen molar-refractivity contribution in [2.75, 3.05) is 13.7 Å². The molecule has 0 bridgehead atoms. The monoisotopic (exact) mass is 646 g/mol. The van der Waals surface area contributed by atoms with Crippen LogP contribution in [-0.2, 0) is 13.0 Å². The van der Waals surface area contributed by atoms with Crippen LogP contribution in [0.3, 0.4) is 0 Å². The van der Waals surface area contributed by atoms with Crippen molar-refractivity contribution in [2.45, 2.75) is 46.6 Å². The minimum atomic E-state index is -0.441. The maximum atomic E-state index is 14.0. The summed E-state index contributed by atoms with van der Waals surface area (Å²) in [7, 11) is 1.53. The second-order valence-electron chi connectivity index (χ2n) is 11.5. The van der Waals surface area contributed by atoms with Gasteiger partial charge < -0.3 is 14.2 Å². The number of nitro groups is 1.